The largest absolute Gasteiger partial charge is 0.497 e. The number of pyridine rings is 1. The highest BCUT2D eigenvalue weighted by molar-refractivity contribution is 7.22. The summed E-state index contributed by atoms with van der Waals surface area (Å²) in [6, 6.07) is 17.0. The van der Waals surface area contributed by atoms with Crippen molar-refractivity contribution in [1.29, 1.82) is 0 Å². The molecule has 0 saturated carbocycles. The van der Waals surface area contributed by atoms with Crippen molar-refractivity contribution < 1.29 is 14.6 Å². The van der Waals surface area contributed by atoms with Crippen molar-refractivity contribution in [3.63, 3.8) is 0 Å². The number of methoxy groups -OCH3 is 1. The van der Waals surface area contributed by atoms with Gasteiger partial charge in [-0.1, -0.05) is 35.6 Å². The number of fused-ring (bicyclic) bond motifs is 1. The average molecular weight is 420 g/mol. The topological polar surface area (TPSA) is 75.5 Å². The molecule has 2 aromatic heterocycles. The summed E-state index contributed by atoms with van der Waals surface area (Å²) >= 11 is 1.63. The van der Waals surface area contributed by atoms with Gasteiger partial charge in [-0.2, -0.15) is 0 Å². The molecule has 152 valence electrons. The first-order chi connectivity index (χ1) is 14.6. The molecule has 0 aliphatic carbocycles. The predicted molar refractivity (Wildman–Crippen MR) is 119 cm³/mol. The molecule has 4 aromatic rings. The molecule has 7 heteroatoms. The number of carboxylic acids is 1. The van der Waals surface area contributed by atoms with Crippen LogP contribution in [0.1, 0.15) is 21.5 Å². The molecule has 0 aliphatic heterocycles. The summed E-state index contributed by atoms with van der Waals surface area (Å²) in [6.07, 6.45) is 4.40. The molecule has 0 radical (unpaired) electrons. The van der Waals surface area contributed by atoms with Crippen LogP contribution in [0.25, 0.3) is 10.2 Å². The van der Waals surface area contributed by atoms with E-state index >= 15 is 0 Å². The zero-order chi connectivity index (χ0) is 20.9. The van der Waals surface area contributed by atoms with Gasteiger partial charge in [-0.05, 0) is 47.9 Å². The molecule has 2 heterocycles. The number of hydrogen-bond donors (Lipinski definition) is 1. The zero-order valence-electron chi connectivity index (χ0n) is 16.5. The second-order valence-electron chi connectivity index (χ2n) is 6.86. The summed E-state index contributed by atoms with van der Waals surface area (Å²) in [7, 11) is 1.66. The number of anilines is 1. The molecule has 0 unspecified atom stereocenters. The van der Waals surface area contributed by atoms with Crippen LogP contribution in [0.2, 0.25) is 0 Å². The molecule has 6 nitrogen and oxygen atoms in total. The molecule has 1 N–H and O–H groups in total. The number of hydrogen-bond acceptors (Lipinski definition) is 6. The highest BCUT2D eigenvalue weighted by atomic mass is 32.1. The van der Waals surface area contributed by atoms with Gasteiger partial charge in [0.15, 0.2) is 5.13 Å². The lowest BCUT2D eigenvalue weighted by Gasteiger charge is -2.22. The minimum atomic E-state index is -0.920. The summed E-state index contributed by atoms with van der Waals surface area (Å²) < 4.78 is 6.33. The molecule has 0 spiro atoms. The number of aromatic nitrogens is 2. The number of ether oxygens (including phenoxy) is 1. The molecular formula is C23H21N3O3S. The molecule has 0 amide bonds. The quantitative estimate of drug-likeness (QED) is 0.448. The predicted octanol–water partition coefficient (Wildman–Crippen LogP) is 4.65. The van der Waals surface area contributed by atoms with Crippen LogP contribution >= 0.6 is 11.3 Å². The van der Waals surface area contributed by atoms with Crippen molar-refractivity contribution in [3.05, 3.63) is 83.7 Å². The Morgan fingerprint density at radius 2 is 1.80 bits per heavy atom. The fourth-order valence-electron chi connectivity index (χ4n) is 3.17. The minimum Gasteiger partial charge on any atom is -0.497 e. The van der Waals surface area contributed by atoms with Crippen molar-refractivity contribution in [1.82, 2.24) is 9.97 Å². The average Bonchev–Trinajstić information content (AvgIpc) is 3.21. The van der Waals surface area contributed by atoms with Gasteiger partial charge in [0.05, 0.1) is 23.6 Å². The summed E-state index contributed by atoms with van der Waals surface area (Å²) in [5, 5.41) is 10.1. The second kappa shape index (κ2) is 8.92. The summed E-state index contributed by atoms with van der Waals surface area (Å²) in [5.41, 5.74) is 3.42. The third-order valence-electron chi connectivity index (χ3n) is 4.85. The number of rotatable bonds is 8. The van der Waals surface area contributed by atoms with Gasteiger partial charge in [-0.15, -0.1) is 0 Å². The van der Waals surface area contributed by atoms with Crippen LogP contribution in [-0.4, -0.2) is 34.7 Å². The summed E-state index contributed by atoms with van der Waals surface area (Å²) in [4.78, 5) is 22.3. The molecule has 0 saturated heterocycles. The number of benzene rings is 2. The number of carbonyl (C=O) groups is 1. The maximum Gasteiger partial charge on any atom is 0.335 e. The summed E-state index contributed by atoms with van der Waals surface area (Å²) in [5.74, 6) is -0.0793. The maximum absolute atomic E-state index is 11.1. The number of aromatic carboxylic acids is 1. The SMILES string of the molecule is COc1ccc(CCN(Cc2ccc(C(=O)O)cc2)c2nc3cnccc3s2)cc1. The lowest BCUT2D eigenvalue weighted by molar-refractivity contribution is 0.0697. The van der Waals surface area contributed by atoms with E-state index in [-0.39, 0.29) is 5.56 Å². The fraction of sp³-hybridized carbons (Fsp3) is 0.174. The van der Waals surface area contributed by atoms with E-state index in [4.69, 9.17) is 14.8 Å². The van der Waals surface area contributed by atoms with Crippen LogP contribution < -0.4 is 9.64 Å². The van der Waals surface area contributed by atoms with Gasteiger partial charge in [0, 0.05) is 19.3 Å². The molecular weight excluding hydrogens is 398 g/mol. The van der Waals surface area contributed by atoms with E-state index in [1.54, 1.807) is 43.0 Å². The number of thiazole rings is 1. The Morgan fingerprint density at radius 3 is 2.47 bits per heavy atom. The second-order valence-corrected chi connectivity index (χ2v) is 7.87. The van der Waals surface area contributed by atoms with Crippen molar-refractivity contribution >= 4 is 32.7 Å². The Balaban J connectivity index is 1.57. The van der Waals surface area contributed by atoms with Crippen LogP contribution in [0.4, 0.5) is 5.13 Å². The van der Waals surface area contributed by atoms with Gasteiger partial charge in [0.2, 0.25) is 0 Å². The lowest BCUT2D eigenvalue weighted by atomic mass is 10.1. The maximum atomic E-state index is 11.1. The van der Waals surface area contributed by atoms with Crippen molar-refractivity contribution in [3.8, 4) is 5.75 Å². The van der Waals surface area contributed by atoms with Crippen LogP contribution in [0, 0.1) is 0 Å². The molecule has 0 fully saturated rings. The van der Waals surface area contributed by atoms with E-state index in [9.17, 15) is 4.79 Å². The van der Waals surface area contributed by atoms with Crippen molar-refractivity contribution in [2.45, 2.75) is 13.0 Å². The Morgan fingerprint density at radius 1 is 1.07 bits per heavy atom. The Kier molecular flexibility index (Phi) is 5.90. The van der Waals surface area contributed by atoms with E-state index in [2.05, 4.69) is 22.0 Å². The van der Waals surface area contributed by atoms with Crippen LogP contribution in [0.15, 0.2) is 67.0 Å². The molecule has 0 atom stereocenters. The standard InChI is InChI=1S/C23H21N3O3S/c1-29-19-8-4-16(5-9-19)11-13-26(15-17-2-6-18(7-3-17)22(27)28)23-25-20-14-24-12-10-21(20)30-23/h2-10,12,14H,11,13,15H2,1H3,(H,27,28). The van der Waals surface area contributed by atoms with E-state index in [0.717, 1.165) is 39.6 Å². The molecule has 2 aromatic carbocycles. The monoisotopic (exact) mass is 419 g/mol. The minimum absolute atomic E-state index is 0.287. The van der Waals surface area contributed by atoms with Crippen LogP contribution in [0.3, 0.4) is 0 Å². The summed E-state index contributed by atoms with van der Waals surface area (Å²) in [6.45, 7) is 1.42. The van der Waals surface area contributed by atoms with Gasteiger partial charge in [-0.3, -0.25) is 4.98 Å². The van der Waals surface area contributed by atoms with Crippen LogP contribution in [-0.2, 0) is 13.0 Å². The molecule has 0 aliphatic rings. The first-order valence-corrected chi connectivity index (χ1v) is 10.3. The van der Waals surface area contributed by atoms with Crippen molar-refractivity contribution in [2.24, 2.45) is 0 Å². The van der Waals surface area contributed by atoms with E-state index in [0.29, 0.717) is 6.54 Å². The number of carboxylic acid groups (broad SMARTS) is 1. The van der Waals surface area contributed by atoms with Gasteiger partial charge < -0.3 is 14.7 Å². The Labute approximate surface area is 178 Å². The number of nitrogens with zero attached hydrogens (tertiary/aromatic N) is 3. The van der Waals surface area contributed by atoms with Gasteiger partial charge in [-0.25, -0.2) is 9.78 Å². The van der Waals surface area contributed by atoms with E-state index < -0.39 is 5.97 Å². The lowest BCUT2D eigenvalue weighted by Crippen LogP contribution is -2.25. The fourth-order valence-corrected chi connectivity index (χ4v) is 4.13. The third kappa shape index (κ3) is 4.58. The molecule has 4 rings (SSSR count). The molecule has 30 heavy (non-hydrogen) atoms. The Bertz CT molecular complexity index is 1110. The molecule has 0 bridgehead atoms. The van der Waals surface area contributed by atoms with Crippen molar-refractivity contribution in [2.75, 3.05) is 18.6 Å². The van der Waals surface area contributed by atoms with E-state index in [1.165, 1.54) is 5.56 Å². The zero-order valence-corrected chi connectivity index (χ0v) is 17.3. The highest BCUT2D eigenvalue weighted by Gasteiger charge is 2.14. The Hall–Kier alpha value is -3.45. The van der Waals surface area contributed by atoms with E-state index in [1.807, 2.05) is 30.3 Å². The first-order valence-electron chi connectivity index (χ1n) is 9.53. The normalized spacial score (nSPS) is 10.8. The third-order valence-corrected chi connectivity index (χ3v) is 5.95. The van der Waals surface area contributed by atoms with Gasteiger partial charge in [0.25, 0.3) is 0 Å². The highest BCUT2D eigenvalue weighted by Crippen LogP contribution is 2.29. The van der Waals surface area contributed by atoms with Gasteiger partial charge in [0.1, 0.15) is 11.3 Å². The first kappa shape index (κ1) is 19.8. The van der Waals surface area contributed by atoms with Gasteiger partial charge >= 0.3 is 5.97 Å². The smallest absolute Gasteiger partial charge is 0.335 e. The van der Waals surface area contributed by atoms with Crippen LogP contribution in [0.5, 0.6) is 5.75 Å².